The average molecular weight is 343 g/mol. The Morgan fingerprint density at radius 3 is 2.36 bits per heavy atom. The molecule has 1 aromatic carbocycles. The molecule has 1 heterocycles. The van der Waals surface area contributed by atoms with Crippen molar-refractivity contribution >= 4 is 23.2 Å². The Morgan fingerprint density at radius 1 is 1.16 bits per heavy atom. The zero-order valence-electron chi connectivity index (χ0n) is 15.4. The molecule has 0 bridgehead atoms. The number of hydrogen-bond donors (Lipinski definition) is 1. The Hall–Kier alpha value is -2.04. The maximum absolute atomic E-state index is 12.7. The minimum atomic E-state index is -0.837. The number of unbranched alkanes of at least 4 members (excludes halogenated alkanes) is 1. The van der Waals surface area contributed by atoms with Crippen molar-refractivity contribution in [2.45, 2.75) is 45.4 Å². The van der Waals surface area contributed by atoms with E-state index in [2.05, 4.69) is 29.3 Å². The number of benzene rings is 1. The normalized spacial score (nSPS) is 18.1. The van der Waals surface area contributed by atoms with E-state index in [0.717, 1.165) is 38.2 Å². The highest BCUT2D eigenvalue weighted by atomic mass is 16.2. The molecule has 1 saturated heterocycles. The molecule has 0 aromatic heterocycles. The molecule has 0 radical (unpaired) electrons. The summed E-state index contributed by atoms with van der Waals surface area (Å²) >= 11 is 0. The smallest absolute Gasteiger partial charge is 0.240 e. The molecule has 2 amide bonds. The summed E-state index contributed by atoms with van der Waals surface area (Å²) < 4.78 is 0. The number of rotatable bonds is 7. The maximum atomic E-state index is 12.7. The first-order valence-electron chi connectivity index (χ1n) is 9.49. The van der Waals surface area contributed by atoms with Crippen LogP contribution in [0.3, 0.4) is 0 Å². The highest BCUT2D eigenvalue weighted by Crippen LogP contribution is 2.48. The number of carbonyl (C=O) groups excluding carboxylic acids is 2. The first kappa shape index (κ1) is 17.8. The van der Waals surface area contributed by atoms with E-state index < -0.39 is 5.41 Å². The second kappa shape index (κ2) is 7.46. The highest BCUT2D eigenvalue weighted by molar-refractivity contribution is 6.13. The van der Waals surface area contributed by atoms with Gasteiger partial charge in [-0.15, -0.1) is 0 Å². The lowest BCUT2D eigenvalue weighted by Crippen LogP contribution is -2.41. The predicted molar refractivity (Wildman–Crippen MR) is 101 cm³/mol. The van der Waals surface area contributed by atoms with Crippen LogP contribution >= 0.6 is 0 Å². The number of carbonyl (C=O) groups is 2. The van der Waals surface area contributed by atoms with E-state index in [1.807, 2.05) is 12.1 Å². The largest absolute Gasteiger partial charge is 0.372 e. The lowest BCUT2D eigenvalue weighted by atomic mass is 10.0. The molecule has 0 unspecified atom stereocenters. The zero-order chi connectivity index (χ0) is 17.9. The zero-order valence-corrected chi connectivity index (χ0v) is 15.4. The lowest BCUT2D eigenvalue weighted by molar-refractivity contribution is -0.141. The molecule has 2 aliphatic rings. The Bertz CT molecular complexity index is 616. The van der Waals surface area contributed by atoms with Crippen LogP contribution in [0.25, 0.3) is 0 Å². The molecular formula is C20H29N3O2. The third-order valence-corrected chi connectivity index (χ3v) is 5.38. The summed E-state index contributed by atoms with van der Waals surface area (Å²) in [6, 6.07) is 7.98. The predicted octanol–water partition coefficient (Wildman–Crippen LogP) is 3.26. The van der Waals surface area contributed by atoms with Gasteiger partial charge in [-0.05, 0) is 56.4 Å². The van der Waals surface area contributed by atoms with Crippen LogP contribution in [0.4, 0.5) is 11.4 Å². The van der Waals surface area contributed by atoms with Gasteiger partial charge in [0.25, 0.3) is 0 Å². The monoisotopic (exact) mass is 343 g/mol. The SMILES string of the molecule is CCCCN(C)C(=O)C1(C(=O)Nc2ccc(N3CCCC3)cc2)CC1. The van der Waals surface area contributed by atoms with Gasteiger partial charge in [0, 0.05) is 38.1 Å². The van der Waals surface area contributed by atoms with Crippen molar-refractivity contribution in [3.05, 3.63) is 24.3 Å². The van der Waals surface area contributed by atoms with Crippen LogP contribution in [-0.4, -0.2) is 43.4 Å². The van der Waals surface area contributed by atoms with Gasteiger partial charge in [0.15, 0.2) is 0 Å². The average Bonchev–Trinajstić information content (AvgIpc) is 3.26. The standard InChI is InChI=1S/C20H29N3O2/c1-3-4-13-22(2)19(25)20(11-12-20)18(24)21-16-7-9-17(10-8-16)23-14-5-6-15-23/h7-10H,3-6,11-15H2,1-2H3,(H,21,24). The van der Waals surface area contributed by atoms with Crippen molar-refractivity contribution in [1.82, 2.24) is 4.90 Å². The van der Waals surface area contributed by atoms with Crippen molar-refractivity contribution < 1.29 is 9.59 Å². The summed E-state index contributed by atoms with van der Waals surface area (Å²) in [5, 5.41) is 2.95. The van der Waals surface area contributed by atoms with Crippen LogP contribution in [0.1, 0.15) is 45.4 Å². The molecule has 1 aliphatic heterocycles. The molecule has 25 heavy (non-hydrogen) atoms. The number of nitrogens with zero attached hydrogens (tertiary/aromatic N) is 2. The fourth-order valence-corrected chi connectivity index (χ4v) is 3.51. The molecule has 1 N–H and O–H groups in total. The van der Waals surface area contributed by atoms with Gasteiger partial charge in [0.05, 0.1) is 0 Å². The lowest BCUT2D eigenvalue weighted by Gasteiger charge is -2.23. The van der Waals surface area contributed by atoms with Crippen molar-refractivity contribution in [2.75, 3.05) is 36.9 Å². The van der Waals surface area contributed by atoms with E-state index >= 15 is 0 Å². The van der Waals surface area contributed by atoms with Gasteiger partial charge < -0.3 is 15.1 Å². The van der Waals surface area contributed by atoms with E-state index in [1.165, 1.54) is 18.5 Å². The minimum absolute atomic E-state index is 0.0351. The fourth-order valence-electron chi connectivity index (χ4n) is 3.51. The van der Waals surface area contributed by atoms with Gasteiger partial charge in [-0.1, -0.05) is 13.3 Å². The summed E-state index contributed by atoms with van der Waals surface area (Å²) in [4.78, 5) is 29.4. The molecule has 3 rings (SSSR count). The van der Waals surface area contributed by atoms with Gasteiger partial charge >= 0.3 is 0 Å². The summed E-state index contributed by atoms with van der Waals surface area (Å²) in [6.45, 7) is 5.03. The first-order chi connectivity index (χ1) is 12.1. The Labute approximate surface area is 150 Å². The fraction of sp³-hybridized carbons (Fsp3) is 0.600. The van der Waals surface area contributed by atoms with Gasteiger partial charge in [-0.2, -0.15) is 0 Å². The molecule has 1 aromatic rings. The van der Waals surface area contributed by atoms with Crippen LogP contribution in [0, 0.1) is 5.41 Å². The summed E-state index contributed by atoms with van der Waals surface area (Å²) in [6.07, 6.45) is 5.81. The minimum Gasteiger partial charge on any atom is -0.372 e. The van der Waals surface area contributed by atoms with Gasteiger partial charge in [-0.25, -0.2) is 0 Å². The van der Waals surface area contributed by atoms with Crippen LogP contribution in [0.2, 0.25) is 0 Å². The van der Waals surface area contributed by atoms with Crippen molar-refractivity contribution in [3.8, 4) is 0 Å². The summed E-state index contributed by atoms with van der Waals surface area (Å²) in [5.41, 5.74) is 1.13. The van der Waals surface area contributed by atoms with E-state index in [4.69, 9.17) is 0 Å². The molecule has 136 valence electrons. The molecule has 2 fully saturated rings. The number of nitrogens with one attached hydrogen (secondary N) is 1. The van der Waals surface area contributed by atoms with E-state index in [1.54, 1.807) is 11.9 Å². The van der Waals surface area contributed by atoms with Gasteiger partial charge in [0.1, 0.15) is 5.41 Å². The third-order valence-electron chi connectivity index (χ3n) is 5.38. The second-order valence-corrected chi connectivity index (χ2v) is 7.36. The van der Waals surface area contributed by atoms with E-state index in [0.29, 0.717) is 12.8 Å². The van der Waals surface area contributed by atoms with Crippen molar-refractivity contribution in [2.24, 2.45) is 5.41 Å². The van der Waals surface area contributed by atoms with Crippen molar-refractivity contribution in [3.63, 3.8) is 0 Å². The Kier molecular flexibility index (Phi) is 5.30. The maximum Gasteiger partial charge on any atom is 0.240 e. The molecule has 0 spiro atoms. The van der Waals surface area contributed by atoms with Crippen LogP contribution in [0.5, 0.6) is 0 Å². The van der Waals surface area contributed by atoms with Crippen molar-refractivity contribution in [1.29, 1.82) is 0 Å². The highest BCUT2D eigenvalue weighted by Gasteiger charge is 2.57. The second-order valence-electron chi connectivity index (χ2n) is 7.36. The molecule has 5 heteroatoms. The molecular weight excluding hydrogens is 314 g/mol. The summed E-state index contributed by atoms with van der Waals surface area (Å²) in [5.74, 6) is -0.193. The number of amides is 2. The molecule has 1 aliphatic carbocycles. The number of anilines is 2. The van der Waals surface area contributed by atoms with Crippen LogP contribution < -0.4 is 10.2 Å². The Balaban J connectivity index is 1.60. The van der Waals surface area contributed by atoms with E-state index in [-0.39, 0.29) is 11.8 Å². The first-order valence-corrected chi connectivity index (χ1v) is 9.49. The number of hydrogen-bond acceptors (Lipinski definition) is 3. The third kappa shape index (κ3) is 3.80. The summed E-state index contributed by atoms with van der Waals surface area (Å²) in [7, 11) is 1.80. The van der Waals surface area contributed by atoms with Crippen LogP contribution in [0.15, 0.2) is 24.3 Å². The van der Waals surface area contributed by atoms with Gasteiger partial charge in [-0.3, -0.25) is 9.59 Å². The molecule has 1 saturated carbocycles. The topological polar surface area (TPSA) is 52.7 Å². The quantitative estimate of drug-likeness (QED) is 0.773. The van der Waals surface area contributed by atoms with Crippen LogP contribution in [-0.2, 0) is 9.59 Å². The molecule has 5 nitrogen and oxygen atoms in total. The van der Waals surface area contributed by atoms with Gasteiger partial charge in [0.2, 0.25) is 11.8 Å². The van der Waals surface area contributed by atoms with E-state index in [9.17, 15) is 9.59 Å². The molecule has 0 atom stereocenters. The Morgan fingerprint density at radius 2 is 1.80 bits per heavy atom.